The summed E-state index contributed by atoms with van der Waals surface area (Å²) in [6.07, 6.45) is 6.51. The molecule has 1 heterocycles. The summed E-state index contributed by atoms with van der Waals surface area (Å²) >= 11 is 0. The number of benzene rings is 2. The van der Waals surface area contributed by atoms with Crippen molar-refractivity contribution in [3.05, 3.63) is 71.3 Å². The number of hydrogen-bond acceptors (Lipinski definition) is 3. The Kier molecular flexibility index (Phi) is 5.16. The van der Waals surface area contributed by atoms with Gasteiger partial charge in [-0.15, -0.1) is 0 Å². The number of rotatable bonds is 6. The highest BCUT2D eigenvalue weighted by Gasteiger charge is 2.60. The Bertz CT molecular complexity index is 908. The zero-order valence-electron chi connectivity index (χ0n) is 17.4. The second-order valence-corrected chi connectivity index (χ2v) is 9.49. The molecule has 4 heteroatoms. The minimum atomic E-state index is -1.82. The Hall–Kier alpha value is -2.17. The molecule has 4 atom stereocenters. The van der Waals surface area contributed by atoms with Gasteiger partial charge >= 0.3 is 5.97 Å². The van der Waals surface area contributed by atoms with Crippen LogP contribution in [-0.4, -0.2) is 33.7 Å². The molecule has 1 aliphatic heterocycles. The first-order valence-corrected chi connectivity index (χ1v) is 11.4. The van der Waals surface area contributed by atoms with Crippen molar-refractivity contribution in [2.45, 2.75) is 62.6 Å². The van der Waals surface area contributed by atoms with Crippen LogP contribution in [0, 0.1) is 11.8 Å². The van der Waals surface area contributed by atoms with Crippen molar-refractivity contribution in [3.8, 4) is 0 Å². The molecule has 0 radical (unpaired) electrons. The van der Waals surface area contributed by atoms with Crippen molar-refractivity contribution >= 4 is 5.97 Å². The number of likely N-dealkylation sites (tertiary alicyclic amines) is 1. The van der Waals surface area contributed by atoms with Crippen LogP contribution in [0.2, 0.25) is 0 Å². The first kappa shape index (κ1) is 19.8. The number of hydrogen-bond donors (Lipinski definition) is 2. The number of piperidine rings is 1. The highest BCUT2D eigenvalue weighted by atomic mass is 16.4. The molecule has 0 amide bonds. The van der Waals surface area contributed by atoms with E-state index in [9.17, 15) is 15.0 Å². The SMILES string of the molecule is O=C(O)C(O)(c1ccccc1C1CCCC1)C1C2CCC1N(Cc1ccccc1)C2. The predicted octanol–water partition coefficient (Wildman–Crippen LogP) is 4.53. The maximum absolute atomic E-state index is 12.7. The van der Waals surface area contributed by atoms with E-state index < -0.39 is 11.6 Å². The van der Waals surface area contributed by atoms with Gasteiger partial charge in [0.05, 0.1) is 0 Å². The lowest BCUT2D eigenvalue weighted by atomic mass is 9.72. The van der Waals surface area contributed by atoms with E-state index in [2.05, 4.69) is 23.1 Å². The van der Waals surface area contributed by atoms with Crippen LogP contribution < -0.4 is 0 Å². The molecule has 2 aromatic rings. The molecule has 2 aliphatic carbocycles. The van der Waals surface area contributed by atoms with Crippen molar-refractivity contribution in [1.29, 1.82) is 0 Å². The molecule has 158 valence electrons. The molecule has 30 heavy (non-hydrogen) atoms. The van der Waals surface area contributed by atoms with Gasteiger partial charge in [0.25, 0.3) is 0 Å². The third-order valence-electron chi connectivity index (χ3n) is 7.90. The highest BCUT2D eigenvalue weighted by molar-refractivity contribution is 5.81. The van der Waals surface area contributed by atoms with Crippen LogP contribution in [0.1, 0.15) is 61.1 Å². The number of nitrogens with zero attached hydrogens (tertiary/aromatic N) is 1. The summed E-state index contributed by atoms with van der Waals surface area (Å²) in [5.41, 5.74) is 1.12. The standard InChI is InChI=1S/C26H31NO3/c28-25(29)26(30,22-13-7-6-12-21(22)19-10-4-5-11-19)24-20-14-15-23(24)27(17-20)16-18-8-2-1-3-9-18/h1-3,6-9,12-13,19-20,23-24,30H,4-5,10-11,14-17H2,(H,28,29). The second kappa shape index (κ2) is 7.82. The Labute approximate surface area is 178 Å². The summed E-state index contributed by atoms with van der Waals surface area (Å²) < 4.78 is 0. The maximum atomic E-state index is 12.7. The van der Waals surface area contributed by atoms with Gasteiger partial charge in [0.1, 0.15) is 0 Å². The quantitative estimate of drug-likeness (QED) is 0.741. The highest BCUT2D eigenvalue weighted by Crippen LogP contribution is 2.53. The minimum Gasteiger partial charge on any atom is -0.479 e. The fraction of sp³-hybridized carbons (Fsp3) is 0.500. The number of fused-ring (bicyclic) bond motifs is 2. The molecule has 0 aromatic heterocycles. The normalized spacial score (nSPS) is 28.6. The molecule has 2 saturated carbocycles. The molecule has 2 bridgehead atoms. The summed E-state index contributed by atoms with van der Waals surface area (Å²) in [7, 11) is 0. The van der Waals surface area contributed by atoms with E-state index in [0.29, 0.717) is 11.5 Å². The van der Waals surface area contributed by atoms with E-state index in [0.717, 1.165) is 44.3 Å². The monoisotopic (exact) mass is 405 g/mol. The largest absolute Gasteiger partial charge is 0.479 e. The molecule has 1 saturated heterocycles. The molecular weight excluding hydrogens is 374 g/mol. The van der Waals surface area contributed by atoms with Crippen LogP contribution >= 0.6 is 0 Å². The Morgan fingerprint density at radius 3 is 2.40 bits per heavy atom. The van der Waals surface area contributed by atoms with E-state index in [1.165, 1.54) is 18.4 Å². The van der Waals surface area contributed by atoms with Gasteiger partial charge in [0, 0.05) is 25.0 Å². The third kappa shape index (κ3) is 3.17. The lowest BCUT2D eigenvalue weighted by Crippen LogP contribution is -2.48. The van der Waals surface area contributed by atoms with Gasteiger partial charge in [-0.05, 0) is 54.2 Å². The zero-order chi connectivity index (χ0) is 20.7. The minimum absolute atomic E-state index is 0.105. The van der Waals surface area contributed by atoms with Crippen molar-refractivity contribution in [3.63, 3.8) is 0 Å². The first-order chi connectivity index (χ1) is 14.6. The van der Waals surface area contributed by atoms with Crippen molar-refractivity contribution in [2.24, 2.45) is 11.8 Å². The topological polar surface area (TPSA) is 60.8 Å². The van der Waals surface area contributed by atoms with Gasteiger partial charge in [-0.25, -0.2) is 4.79 Å². The van der Waals surface area contributed by atoms with E-state index in [1.807, 2.05) is 36.4 Å². The summed E-state index contributed by atoms with van der Waals surface area (Å²) in [6, 6.07) is 18.3. The van der Waals surface area contributed by atoms with E-state index in [1.54, 1.807) is 0 Å². The van der Waals surface area contributed by atoms with Gasteiger partial charge < -0.3 is 10.2 Å². The van der Waals surface area contributed by atoms with Crippen LogP contribution in [0.3, 0.4) is 0 Å². The van der Waals surface area contributed by atoms with Crippen LogP contribution in [-0.2, 0) is 16.9 Å². The van der Waals surface area contributed by atoms with Crippen LogP contribution in [0.15, 0.2) is 54.6 Å². The van der Waals surface area contributed by atoms with Gasteiger partial charge in [-0.3, -0.25) is 4.90 Å². The number of carboxylic acid groups (broad SMARTS) is 1. The maximum Gasteiger partial charge on any atom is 0.340 e. The van der Waals surface area contributed by atoms with Gasteiger partial charge in [-0.2, -0.15) is 0 Å². The smallest absolute Gasteiger partial charge is 0.340 e. The fourth-order valence-electron chi connectivity index (χ4n) is 6.60. The lowest BCUT2D eigenvalue weighted by molar-refractivity contribution is -0.168. The van der Waals surface area contributed by atoms with Crippen molar-refractivity contribution < 1.29 is 15.0 Å². The number of aliphatic hydroxyl groups is 1. The van der Waals surface area contributed by atoms with Crippen LogP contribution in [0.4, 0.5) is 0 Å². The molecule has 2 aromatic carbocycles. The summed E-state index contributed by atoms with van der Waals surface area (Å²) in [4.78, 5) is 15.1. The summed E-state index contributed by atoms with van der Waals surface area (Å²) in [5.74, 6) is -0.763. The average Bonchev–Trinajstić information content (AvgIpc) is 3.51. The first-order valence-electron chi connectivity index (χ1n) is 11.4. The molecule has 5 rings (SSSR count). The average molecular weight is 406 g/mol. The number of aliphatic carboxylic acids is 1. The Balaban J connectivity index is 1.50. The fourth-order valence-corrected chi connectivity index (χ4v) is 6.60. The summed E-state index contributed by atoms with van der Waals surface area (Å²) in [6.45, 7) is 1.68. The van der Waals surface area contributed by atoms with Crippen molar-refractivity contribution in [2.75, 3.05) is 6.54 Å². The molecule has 4 unspecified atom stereocenters. The second-order valence-electron chi connectivity index (χ2n) is 9.49. The number of carboxylic acids is 1. The molecule has 2 N–H and O–H groups in total. The Morgan fingerprint density at radius 1 is 0.967 bits per heavy atom. The number of carbonyl (C=O) groups is 1. The molecule has 0 spiro atoms. The zero-order valence-corrected chi connectivity index (χ0v) is 17.4. The van der Waals surface area contributed by atoms with Gasteiger partial charge in [-0.1, -0.05) is 67.4 Å². The Morgan fingerprint density at radius 2 is 1.67 bits per heavy atom. The van der Waals surface area contributed by atoms with E-state index >= 15 is 0 Å². The molecular formula is C26H31NO3. The van der Waals surface area contributed by atoms with Crippen molar-refractivity contribution in [1.82, 2.24) is 4.90 Å². The summed E-state index contributed by atoms with van der Waals surface area (Å²) in [5, 5.41) is 22.3. The lowest BCUT2D eigenvalue weighted by Gasteiger charge is -2.36. The third-order valence-corrected chi connectivity index (χ3v) is 7.90. The van der Waals surface area contributed by atoms with E-state index in [-0.39, 0.29) is 17.9 Å². The van der Waals surface area contributed by atoms with Crippen LogP contribution in [0.25, 0.3) is 0 Å². The van der Waals surface area contributed by atoms with Crippen LogP contribution in [0.5, 0.6) is 0 Å². The van der Waals surface area contributed by atoms with E-state index in [4.69, 9.17) is 0 Å². The molecule has 4 nitrogen and oxygen atoms in total. The van der Waals surface area contributed by atoms with Gasteiger partial charge in [0.15, 0.2) is 5.60 Å². The molecule has 3 aliphatic rings. The van der Waals surface area contributed by atoms with Gasteiger partial charge in [0.2, 0.25) is 0 Å². The predicted molar refractivity (Wildman–Crippen MR) is 116 cm³/mol. The molecule has 3 fully saturated rings.